The van der Waals surface area contributed by atoms with Gasteiger partial charge in [-0.1, -0.05) is 29.2 Å². The van der Waals surface area contributed by atoms with Crippen molar-refractivity contribution in [3.63, 3.8) is 0 Å². The lowest BCUT2D eigenvalue weighted by molar-refractivity contribution is 0.0466. The number of nitrogens with one attached hydrogen (secondary N) is 1. The van der Waals surface area contributed by atoms with Gasteiger partial charge in [-0.05, 0) is 60.5 Å². The molecule has 0 saturated carbocycles. The third-order valence-corrected chi connectivity index (χ3v) is 7.40. The number of thiazole rings is 1. The number of hydrogen-bond acceptors (Lipinski definition) is 8. The van der Waals surface area contributed by atoms with E-state index in [0.29, 0.717) is 28.2 Å². The number of benzene rings is 1. The molecule has 37 heavy (non-hydrogen) atoms. The number of ether oxygens (including phenoxy) is 2. The summed E-state index contributed by atoms with van der Waals surface area (Å²) in [6.07, 6.45) is 2.56. The first kappa shape index (κ1) is 27.2. The van der Waals surface area contributed by atoms with Crippen molar-refractivity contribution >= 4 is 48.8 Å². The van der Waals surface area contributed by atoms with E-state index in [2.05, 4.69) is 24.1 Å². The second-order valence-electron chi connectivity index (χ2n) is 9.17. The third-order valence-electron chi connectivity index (χ3n) is 5.37. The first-order valence-electron chi connectivity index (χ1n) is 11.7. The summed E-state index contributed by atoms with van der Waals surface area (Å²) in [6.45, 7) is 7.53. The van der Waals surface area contributed by atoms with Crippen LogP contribution in [0.15, 0.2) is 48.0 Å². The average Bonchev–Trinajstić information content (AvgIpc) is 3.49. The van der Waals surface area contributed by atoms with Crippen LogP contribution in [0.3, 0.4) is 0 Å². The summed E-state index contributed by atoms with van der Waals surface area (Å²) >= 11 is 3.09. The van der Waals surface area contributed by atoms with Crippen molar-refractivity contribution in [2.24, 2.45) is 5.92 Å². The summed E-state index contributed by atoms with van der Waals surface area (Å²) in [5.74, 6) is 0.786. The second kappa shape index (κ2) is 11.3. The van der Waals surface area contributed by atoms with E-state index in [1.54, 1.807) is 29.7 Å². The summed E-state index contributed by atoms with van der Waals surface area (Å²) in [5, 5.41) is 5.84. The molecule has 0 radical (unpaired) electrons. The van der Waals surface area contributed by atoms with E-state index in [0.717, 1.165) is 38.6 Å². The Morgan fingerprint density at radius 1 is 1.24 bits per heavy atom. The number of carbonyl (C=O) groups excluding carboxylic acids is 1. The van der Waals surface area contributed by atoms with Crippen LogP contribution >= 0.6 is 31.9 Å². The summed E-state index contributed by atoms with van der Waals surface area (Å²) in [6, 6.07) is 11.3. The molecule has 10 heteroatoms. The number of methoxy groups -OCH3 is 1. The molecule has 6 nitrogen and oxygen atoms in total. The Bertz CT molecular complexity index is 1400. The van der Waals surface area contributed by atoms with Crippen LogP contribution in [0.4, 0.5) is 15.3 Å². The van der Waals surface area contributed by atoms with E-state index in [4.69, 9.17) is 14.5 Å². The highest BCUT2D eigenvalue weighted by Gasteiger charge is 2.22. The summed E-state index contributed by atoms with van der Waals surface area (Å²) in [5.41, 5.74) is 1.87. The summed E-state index contributed by atoms with van der Waals surface area (Å²) in [4.78, 5) is 24.1. The molecule has 0 fully saturated rings. The standard InChI is InChI=1S/C27H29FN3O3PS2/c1-15(2)11-22-23(17-8-9-20(16(3)12-17)34-27(4,28)35)30-26(37-22)31-24-19(25(32)33-5)13-18(14-29-24)21-7-6-10-36-21/h6-10,12-15H,11,35H2,1-5H3,(H,29,30,31). The predicted octanol–water partition coefficient (Wildman–Crippen LogP) is 7.87. The monoisotopic (exact) mass is 557 g/mol. The van der Waals surface area contributed by atoms with Gasteiger partial charge in [-0.25, -0.2) is 14.8 Å². The van der Waals surface area contributed by atoms with E-state index >= 15 is 0 Å². The molecule has 0 bridgehead atoms. The zero-order valence-electron chi connectivity index (χ0n) is 21.3. The van der Waals surface area contributed by atoms with E-state index in [-0.39, 0.29) is 0 Å². The maximum absolute atomic E-state index is 14.0. The molecule has 194 valence electrons. The van der Waals surface area contributed by atoms with E-state index in [1.165, 1.54) is 25.4 Å². The zero-order valence-corrected chi connectivity index (χ0v) is 24.1. The van der Waals surface area contributed by atoms with Gasteiger partial charge in [0, 0.05) is 34.0 Å². The van der Waals surface area contributed by atoms with Crippen molar-refractivity contribution in [1.29, 1.82) is 0 Å². The molecule has 2 atom stereocenters. The molecule has 1 N–H and O–H groups in total. The fraction of sp³-hybridized carbons (Fsp3) is 0.296. The van der Waals surface area contributed by atoms with Crippen LogP contribution in [0, 0.1) is 12.8 Å². The molecular weight excluding hydrogens is 528 g/mol. The van der Waals surface area contributed by atoms with Crippen LogP contribution in [0.5, 0.6) is 5.75 Å². The van der Waals surface area contributed by atoms with Crippen LogP contribution in [-0.4, -0.2) is 28.6 Å². The van der Waals surface area contributed by atoms with Crippen molar-refractivity contribution in [2.75, 3.05) is 12.4 Å². The molecule has 0 aliphatic rings. The Morgan fingerprint density at radius 3 is 2.65 bits per heavy atom. The summed E-state index contributed by atoms with van der Waals surface area (Å²) < 4.78 is 24.4. The number of carbonyl (C=O) groups is 1. The SMILES string of the molecule is COC(=O)c1cc(-c2cccs2)cnc1Nc1nc(-c2ccc(OC(C)(F)P)c(C)c2)c(CC(C)C)s1. The molecule has 0 amide bonds. The number of alkyl halides is 1. The Balaban J connectivity index is 1.70. The van der Waals surface area contributed by atoms with Crippen LogP contribution in [-0.2, 0) is 11.2 Å². The maximum Gasteiger partial charge on any atom is 0.341 e. The molecule has 0 saturated heterocycles. The van der Waals surface area contributed by atoms with Gasteiger partial charge in [0.05, 0.1) is 12.8 Å². The summed E-state index contributed by atoms with van der Waals surface area (Å²) in [7, 11) is 3.40. The number of esters is 1. The Hall–Kier alpha value is -2.87. The zero-order chi connectivity index (χ0) is 26.7. The van der Waals surface area contributed by atoms with E-state index < -0.39 is 11.6 Å². The molecule has 4 rings (SSSR count). The number of anilines is 2. The smallest absolute Gasteiger partial charge is 0.341 e. The molecule has 2 unspecified atom stereocenters. The number of aryl methyl sites for hydroxylation is 1. The highest BCUT2D eigenvalue weighted by molar-refractivity contribution is 7.18. The minimum Gasteiger partial charge on any atom is -0.465 e. The molecule has 0 aliphatic carbocycles. The van der Waals surface area contributed by atoms with E-state index in [9.17, 15) is 9.18 Å². The van der Waals surface area contributed by atoms with Gasteiger partial charge in [-0.15, -0.1) is 22.7 Å². The van der Waals surface area contributed by atoms with Crippen molar-refractivity contribution in [1.82, 2.24) is 9.97 Å². The highest BCUT2D eigenvalue weighted by atomic mass is 32.1. The lowest BCUT2D eigenvalue weighted by Gasteiger charge is -2.19. The van der Waals surface area contributed by atoms with Crippen LogP contribution in [0.1, 0.15) is 41.6 Å². The highest BCUT2D eigenvalue weighted by Crippen LogP contribution is 2.38. The fourth-order valence-corrected chi connectivity index (χ4v) is 5.81. The Kier molecular flexibility index (Phi) is 8.26. The van der Waals surface area contributed by atoms with Crippen molar-refractivity contribution in [2.45, 2.75) is 39.7 Å². The molecule has 3 aromatic heterocycles. The van der Waals surface area contributed by atoms with Crippen molar-refractivity contribution in [3.05, 3.63) is 64.0 Å². The Labute approximate surface area is 226 Å². The number of nitrogens with zero attached hydrogens (tertiary/aromatic N) is 2. The largest absolute Gasteiger partial charge is 0.465 e. The van der Waals surface area contributed by atoms with Gasteiger partial charge in [0.2, 0.25) is 0 Å². The Morgan fingerprint density at radius 2 is 2.03 bits per heavy atom. The molecule has 3 heterocycles. The van der Waals surface area contributed by atoms with Gasteiger partial charge in [-0.2, -0.15) is 4.39 Å². The minimum absolute atomic E-state index is 0.333. The number of rotatable bonds is 9. The molecule has 4 aromatic rings. The fourth-order valence-electron chi connectivity index (χ4n) is 3.77. The van der Waals surface area contributed by atoms with Gasteiger partial charge >= 0.3 is 5.97 Å². The van der Waals surface area contributed by atoms with Crippen molar-refractivity contribution < 1.29 is 18.7 Å². The number of aromatic nitrogens is 2. The van der Waals surface area contributed by atoms with Gasteiger partial charge < -0.3 is 14.8 Å². The quantitative estimate of drug-likeness (QED) is 0.167. The maximum atomic E-state index is 14.0. The van der Waals surface area contributed by atoms with Crippen LogP contribution in [0.25, 0.3) is 21.7 Å². The number of thiophene rings is 1. The first-order chi connectivity index (χ1) is 17.5. The van der Waals surface area contributed by atoms with E-state index in [1.807, 2.05) is 45.8 Å². The van der Waals surface area contributed by atoms with Gasteiger partial charge in [0.25, 0.3) is 5.60 Å². The molecule has 0 spiro atoms. The molecule has 0 aliphatic heterocycles. The first-order valence-corrected chi connectivity index (χ1v) is 14.0. The van der Waals surface area contributed by atoms with Crippen LogP contribution < -0.4 is 10.1 Å². The lowest BCUT2D eigenvalue weighted by atomic mass is 10.0. The average molecular weight is 558 g/mol. The third kappa shape index (κ3) is 6.72. The predicted molar refractivity (Wildman–Crippen MR) is 153 cm³/mol. The second-order valence-corrected chi connectivity index (χ2v) is 12.2. The lowest BCUT2D eigenvalue weighted by Crippen LogP contribution is -2.17. The van der Waals surface area contributed by atoms with Gasteiger partial charge in [0.1, 0.15) is 17.1 Å². The molecular formula is C27H29FN3O3PS2. The number of hydrogen-bond donors (Lipinski definition) is 1. The van der Waals surface area contributed by atoms with Crippen molar-refractivity contribution in [3.8, 4) is 27.4 Å². The topological polar surface area (TPSA) is 73.3 Å². The molecule has 1 aromatic carbocycles. The van der Waals surface area contributed by atoms with Gasteiger partial charge in [-0.3, -0.25) is 0 Å². The number of halogens is 1. The van der Waals surface area contributed by atoms with Gasteiger partial charge in [0.15, 0.2) is 5.13 Å². The minimum atomic E-state index is -1.85. The number of pyridine rings is 1. The van der Waals surface area contributed by atoms with Crippen LogP contribution in [0.2, 0.25) is 0 Å². The normalized spacial score (nSPS) is 12.9.